The van der Waals surface area contributed by atoms with E-state index >= 15 is 0 Å². The number of ether oxygens (including phenoxy) is 1. The zero-order valence-corrected chi connectivity index (χ0v) is 12.3. The zero-order chi connectivity index (χ0) is 15.4. The largest absolute Gasteiger partial charge is 0.466 e. The number of carbonyl (C=O) groups excluding carboxylic acids is 3. The van der Waals surface area contributed by atoms with Crippen LogP contribution in [0, 0.1) is 17.3 Å². The first-order valence-electron chi connectivity index (χ1n) is 7.02. The van der Waals surface area contributed by atoms with Crippen LogP contribution >= 0.6 is 0 Å². The van der Waals surface area contributed by atoms with Crippen LogP contribution in [0.25, 0.3) is 0 Å². The van der Waals surface area contributed by atoms with Crippen molar-refractivity contribution in [1.82, 2.24) is 0 Å². The first-order chi connectivity index (χ1) is 9.94. The average Bonchev–Trinajstić information content (AvgIpc) is 3.13. The van der Waals surface area contributed by atoms with Gasteiger partial charge in [0.1, 0.15) is 0 Å². The second-order valence-electron chi connectivity index (χ2n) is 5.73. The fraction of sp³-hybridized carbons (Fsp3) is 0.438. The number of fused-ring (bicyclic) bond motifs is 2. The Hall–Kier alpha value is -2.17. The molecular formula is C16H17NO4. The highest BCUT2D eigenvalue weighted by atomic mass is 16.5. The molecule has 0 saturated heterocycles. The topological polar surface area (TPSA) is 63.7 Å². The number of hydrogen-bond acceptors (Lipinski definition) is 4. The van der Waals surface area contributed by atoms with Gasteiger partial charge in [-0.25, -0.2) is 0 Å². The number of ketones is 1. The third-order valence-electron chi connectivity index (χ3n) is 4.65. The van der Waals surface area contributed by atoms with Crippen molar-refractivity contribution in [3.8, 4) is 0 Å². The van der Waals surface area contributed by atoms with E-state index in [0.29, 0.717) is 11.3 Å². The van der Waals surface area contributed by atoms with E-state index in [-0.39, 0.29) is 18.3 Å². The SMILES string of the molecule is CCOC(=O)C1C2C(=O)N(C)c3ccccc3C(=O)C12C. The number of benzene rings is 1. The molecule has 1 amide bonds. The smallest absolute Gasteiger partial charge is 0.310 e. The molecule has 0 radical (unpaired) electrons. The minimum absolute atomic E-state index is 0.154. The second kappa shape index (κ2) is 4.41. The summed E-state index contributed by atoms with van der Waals surface area (Å²) in [6.45, 7) is 3.64. The molecule has 1 aliphatic heterocycles. The molecule has 3 unspecified atom stereocenters. The van der Waals surface area contributed by atoms with E-state index in [1.807, 2.05) is 0 Å². The first kappa shape index (κ1) is 13.8. The molecule has 0 spiro atoms. The van der Waals surface area contributed by atoms with Gasteiger partial charge in [0, 0.05) is 12.6 Å². The summed E-state index contributed by atoms with van der Waals surface area (Å²) in [5.74, 6) is -2.11. The summed E-state index contributed by atoms with van der Waals surface area (Å²) < 4.78 is 5.02. The number of nitrogens with zero attached hydrogens (tertiary/aromatic N) is 1. The molecule has 0 N–H and O–H groups in total. The molecule has 5 nitrogen and oxygen atoms in total. The summed E-state index contributed by atoms with van der Waals surface area (Å²) in [6.07, 6.45) is 0. The van der Waals surface area contributed by atoms with Crippen molar-refractivity contribution in [1.29, 1.82) is 0 Å². The van der Waals surface area contributed by atoms with Gasteiger partial charge in [0.15, 0.2) is 5.78 Å². The molecule has 5 heteroatoms. The molecule has 3 rings (SSSR count). The normalized spacial score (nSPS) is 30.3. The summed E-state index contributed by atoms with van der Waals surface area (Å²) >= 11 is 0. The molecule has 1 fully saturated rings. The molecule has 1 heterocycles. The van der Waals surface area contributed by atoms with Gasteiger partial charge in [0.05, 0.1) is 29.5 Å². The maximum absolute atomic E-state index is 12.8. The zero-order valence-electron chi connectivity index (χ0n) is 12.3. The molecule has 21 heavy (non-hydrogen) atoms. The quantitative estimate of drug-likeness (QED) is 0.776. The predicted molar refractivity (Wildman–Crippen MR) is 75.9 cm³/mol. The van der Waals surface area contributed by atoms with Gasteiger partial charge in [-0.3, -0.25) is 14.4 Å². The van der Waals surface area contributed by atoms with Crippen molar-refractivity contribution < 1.29 is 19.1 Å². The van der Waals surface area contributed by atoms with Crippen molar-refractivity contribution in [2.75, 3.05) is 18.6 Å². The van der Waals surface area contributed by atoms with Gasteiger partial charge >= 0.3 is 5.97 Å². The Labute approximate surface area is 122 Å². The van der Waals surface area contributed by atoms with Gasteiger partial charge in [-0.2, -0.15) is 0 Å². The van der Waals surface area contributed by atoms with Crippen LogP contribution in [0.4, 0.5) is 5.69 Å². The Morgan fingerprint density at radius 2 is 2.00 bits per heavy atom. The highest BCUT2D eigenvalue weighted by Crippen LogP contribution is 2.63. The molecular weight excluding hydrogens is 270 g/mol. The maximum Gasteiger partial charge on any atom is 0.310 e. The molecule has 1 aliphatic carbocycles. The lowest BCUT2D eigenvalue weighted by Gasteiger charge is -2.18. The number of rotatable bonds is 2. The number of para-hydroxylation sites is 1. The Morgan fingerprint density at radius 3 is 2.67 bits per heavy atom. The van der Waals surface area contributed by atoms with Crippen LogP contribution in [0.2, 0.25) is 0 Å². The van der Waals surface area contributed by atoms with Crippen LogP contribution in [-0.4, -0.2) is 31.3 Å². The maximum atomic E-state index is 12.8. The molecule has 1 aromatic rings. The number of esters is 1. The van der Waals surface area contributed by atoms with Crippen LogP contribution in [0.1, 0.15) is 24.2 Å². The number of amides is 1. The Bertz CT molecular complexity index is 653. The van der Waals surface area contributed by atoms with E-state index in [1.165, 1.54) is 4.90 Å². The van der Waals surface area contributed by atoms with Gasteiger partial charge in [-0.1, -0.05) is 19.1 Å². The summed E-state index contributed by atoms with van der Waals surface area (Å²) in [6, 6.07) is 7.01. The van der Waals surface area contributed by atoms with Gasteiger partial charge in [0.2, 0.25) is 5.91 Å². The number of carbonyl (C=O) groups is 3. The van der Waals surface area contributed by atoms with Crippen LogP contribution in [0.5, 0.6) is 0 Å². The van der Waals surface area contributed by atoms with Gasteiger partial charge in [-0.15, -0.1) is 0 Å². The minimum atomic E-state index is -0.982. The summed E-state index contributed by atoms with van der Waals surface area (Å²) in [5.41, 5.74) is 0.109. The fourth-order valence-corrected chi connectivity index (χ4v) is 3.38. The van der Waals surface area contributed by atoms with Crippen molar-refractivity contribution in [3.63, 3.8) is 0 Å². The average molecular weight is 287 g/mol. The van der Waals surface area contributed by atoms with E-state index in [9.17, 15) is 14.4 Å². The first-order valence-corrected chi connectivity index (χ1v) is 7.02. The predicted octanol–water partition coefficient (Wildman–Crippen LogP) is 1.66. The second-order valence-corrected chi connectivity index (χ2v) is 5.73. The molecule has 110 valence electrons. The third kappa shape index (κ3) is 1.66. The van der Waals surface area contributed by atoms with Gasteiger partial charge < -0.3 is 9.64 Å². The highest BCUT2D eigenvalue weighted by molar-refractivity contribution is 6.19. The molecule has 0 aromatic heterocycles. The van der Waals surface area contributed by atoms with E-state index in [1.54, 1.807) is 45.2 Å². The lowest BCUT2D eigenvalue weighted by atomic mass is 9.92. The highest BCUT2D eigenvalue weighted by Gasteiger charge is 2.74. The van der Waals surface area contributed by atoms with E-state index in [4.69, 9.17) is 4.74 Å². The molecule has 3 atom stereocenters. The van der Waals surface area contributed by atoms with Crippen molar-refractivity contribution in [2.45, 2.75) is 13.8 Å². The van der Waals surface area contributed by atoms with Crippen molar-refractivity contribution >= 4 is 23.3 Å². The van der Waals surface area contributed by atoms with Gasteiger partial charge in [-0.05, 0) is 19.1 Å². The van der Waals surface area contributed by atoms with E-state index in [0.717, 1.165) is 0 Å². The van der Waals surface area contributed by atoms with Crippen molar-refractivity contribution in [2.24, 2.45) is 17.3 Å². The van der Waals surface area contributed by atoms with Crippen LogP contribution < -0.4 is 4.90 Å². The molecule has 2 aliphatic rings. The lowest BCUT2D eigenvalue weighted by molar-refractivity contribution is -0.146. The Balaban J connectivity index is 2.09. The third-order valence-corrected chi connectivity index (χ3v) is 4.65. The van der Waals surface area contributed by atoms with E-state index < -0.39 is 23.2 Å². The molecule has 1 aromatic carbocycles. The molecule has 0 bridgehead atoms. The summed E-state index contributed by atoms with van der Waals surface area (Å²) in [4.78, 5) is 38.9. The minimum Gasteiger partial charge on any atom is -0.466 e. The van der Waals surface area contributed by atoms with Crippen LogP contribution in [0.15, 0.2) is 24.3 Å². The Morgan fingerprint density at radius 1 is 1.33 bits per heavy atom. The summed E-state index contributed by atoms with van der Waals surface area (Å²) in [7, 11) is 1.64. The van der Waals surface area contributed by atoms with Crippen LogP contribution in [0.3, 0.4) is 0 Å². The van der Waals surface area contributed by atoms with Gasteiger partial charge in [0.25, 0.3) is 0 Å². The number of Topliss-reactive ketones (excluding diaryl/α,β-unsaturated/α-hetero) is 1. The standard InChI is InChI=1S/C16H17NO4/c1-4-21-15(20)12-11-14(19)17(3)10-8-6-5-7-9(10)13(18)16(11,12)2/h5-8,11-12H,4H2,1-3H3. The number of hydrogen-bond donors (Lipinski definition) is 0. The van der Waals surface area contributed by atoms with Crippen LogP contribution in [-0.2, 0) is 14.3 Å². The van der Waals surface area contributed by atoms with E-state index in [2.05, 4.69) is 0 Å². The number of anilines is 1. The fourth-order valence-electron chi connectivity index (χ4n) is 3.38. The summed E-state index contributed by atoms with van der Waals surface area (Å²) in [5, 5.41) is 0. The van der Waals surface area contributed by atoms with Crippen molar-refractivity contribution in [3.05, 3.63) is 29.8 Å². The molecule has 1 saturated carbocycles. The monoisotopic (exact) mass is 287 g/mol. The lowest BCUT2D eigenvalue weighted by Crippen LogP contribution is -2.29. The Kier molecular flexibility index (Phi) is 2.90.